The highest BCUT2D eigenvalue weighted by atomic mass is 79.9. The summed E-state index contributed by atoms with van der Waals surface area (Å²) in [4.78, 5) is 10.1. The summed E-state index contributed by atoms with van der Waals surface area (Å²) in [6, 6.07) is 8.72. The maximum absolute atomic E-state index is 4.40. The van der Waals surface area contributed by atoms with Crippen LogP contribution in [-0.4, -0.2) is 16.5 Å². The van der Waals surface area contributed by atoms with E-state index in [1.54, 1.807) is 23.7 Å². The molecule has 0 radical (unpaired) electrons. The molecule has 5 heteroatoms. The number of nitrogens with zero attached hydrogens (tertiary/aromatic N) is 2. The van der Waals surface area contributed by atoms with Crippen molar-refractivity contribution in [1.82, 2.24) is 15.3 Å². The van der Waals surface area contributed by atoms with Crippen LogP contribution >= 0.6 is 27.3 Å². The number of hydrogen-bond acceptors (Lipinski definition) is 4. The third-order valence-corrected chi connectivity index (χ3v) is 5.38. The van der Waals surface area contributed by atoms with E-state index in [2.05, 4.69) is 61.7 Å². The van der Waals surface area contributed by atoms with Crippen molar-refractivity contribution < 1.29 is 0 Å². The van der Waals surface area contributed by atoms with Crippen molar-refractivity contribution in [2.24, 2.45) is 0 Å². The van der Waals surface area contributed by atoms with Crippen molar-refractivity contribution >= 4 is 38.3 Å². The predicted molar refractivity (Wildman–Crippen MR) is 91.7 cm³/mol. The van der Waals surface area contributed by atoms with E-state index in [1.807, 2.05) is 6.07 Å². The Hall–Kier alpha value is -1.30. The van der Waals surface area contributed by atoms with Gasteiger partial charge >= 0.3 is 0 Å². The molecule has 1 atom stereocenters. The van der Waals surface area contributed by atoms with Gasteiger partial charge in [0.05, 0.1) is 11.0 Å². The maximum atomic E-state index is 4.40. The number of rotatable bonds is 5. The molecule has 2 heterocycles. The van der Waals surface area contributed by atoms with E-state index < -0.39 is 0 Å². The van der Waals surface area contributed by atoms with Gasteiger partial charge in [0.1, 0.15) is 0 Å². The van der Waals surface area contributed by atoms with Gasteiger partial charge in [0, 0.05) is 34.2 Å². The summed E-state index contributed by atoms with van der Waals surface area (Å²) in [5.74, 6) is 0. The lowest BCUT2D eigenvalue weighted by atomic mass is 10.0. The summed E-state index contributed by atoms with van der Waals surface area (Å²) in [6.07, 6.45) is 4.44. The lowest BCUT2D eigenvalue weighted by Crippen LogP contribution is -2.22. The first-order chi connectivity index (χ1) is 10.3. The van der Waals surface area contributed by atoms with Crippen LogP contribution in [0.4, 0.5) is 0 Å². The fourth-order valence-electron chi connectivity index (χ4n) is 2.41. The number of benzene rings is 1. The van der Waals surface area contributed by atoms with Crippen LogP contribution in [-0.2, 0) is 6.42 Å². The number of hydrogen-bond donors (Lipinski definition) is 1. The molecule has 0 bridgehead atoms. The van der Waals surface area contributed by atoms with E-state index in [4.69, 9.17) is 0 Å². The molecule has 3 rings (SSSR count). The predicted octanol–water partition coefficient (Wildman–Crippen LogP) is 4.35. The molecule has 0 aliphatic carbocycles. The van der Waals surface area contributed by atoms with Crippen LogP contribution in [0, 0.1) is 0 Å². The van der Waals surface area contributed by atoms with Gasteiger partial charge in [-0.1, -0.05) is 13.0 Å². The molecule has 0 spiro atoms. The highest BCUT2D eigenvalue weighted by Crippen LogP contribution is 2.29. The first-order valence-electron chi connectivity index (χ1n) is 6.94. The van der Waals surface area contributed by atoms with Crippen molar-refractivity contribution in [3.05, 3.63) is 57.0 Å². The molecule has 2 aromatic heterocycles. The number of thiophene rings is 1. The van der Waals surface area contributed by atoms with Gasteiger partial charge in [-0.15, -0.1) is 11.3 Å². The molecule has 0 saturated carbocycles. The van der Waals surface area contributed by atoms with Crippen LogP contribution in [0.1, 0.15) is 23.4 Å². The molecule has 0 fully saturated rings. The number of nitrogens with one attached hydrogen (secondary N) is 1. The summed E-state index contributed by atoms with van der Waals surface area (Å²) < 4.78 is 1.19. The van der Waals surface area contributed by atoms with Crippen LogP contribution in [0.3, 0.4) is 0 Å². The van der Waals surface area contributed by atoms with E-state index in [-0.39, 0.29) is 6.04 Å². The lowest BCUT2D eigenvalue weighted by molar-refractivity contribution is 0.553. The van der Waals surface area contributed by atoms with Crippen molar-refractivity contribution in [2.45, 2.75) is 19.4 Å². The smallest absolute Gasteiger partial charge is 0.0890 e. The Bertz CT molecular complexity index is 741. The molecule has 1 unspecified atom stereocenters. The van der Waals surface area contributed by atoms with Crippen molar-refractivity contribution in [2.75, 3.05) is 6.54 Å². The second kappa shape index (κ2) is 6.64. The van der Waals surface area contributed by atoms with Gasteiger partial charge in [-0.05, 0) is 51.6 Å². The van der Waals surface area contributed by atoms with Crippen molar-refractivity contribution in [3.8, 4) is 0 Å². The van der Waals surface area contributed by atoms with E-state index >= 15 is 0 Å². The average Bonchev–Trinajstić information content (AvgIpc) is 2.91. The second-order valence-electron chi connectivity index (χ2n) is 4.81. The van der Waals surface area contributed by atoms with Crippen LogP contribution in [0.5, 0.6) is 0 Å². The molecule has 3 nitrogen and oxygen atoms in total. The zero-order valence-corrected chi connectivity index (χ0v) is 14.1. The number of likely N-dealkylation sites (N-methyl/N-ethyl adjacent to an activating group) is 1. The number of fused-ring (bicyclic) bond motifs is 1. The highest BCUT2D eigenvalue weighted by Gasteiger charge is 2.14. The van der Waals surface area contributed by atoms with Gasteiger partial charge in [-0.3, -0.25) is 9.97 Å². The first kappa shape index (κ1) is 14.6. The van der Waals surface area contributed by atoms with E-state index in [1.165, 1.54) is 14.9 Å². The van der Waals surface area contributed by atoms with Gasteiger partial charge in [-0.25, -0.2) is 0 Å². The third kappa shape index (κ3) is 3.31. The van der Waals surface area contributed by atoms with Gasteiger partial charge < -0.3 is 5.32 Å². The zero-order valence-electron chi connectivity index (χ0n) is 11.7. The summed E-state index contributed by atoms with van der Waals surface area (Å²) in [5.41, 5.74) is 3.14. The molecule has 0 saturated heterocycles. The largest absolute Gasteiger partial charge is 0.310 e. The Morgan fingerprint density at radius 1 is 1.19 bits per heavy atom. The normalized spacial score (nSPS) is 12.7. The Kier molecular flexibility index (Phi) is 4.63. The first-order valence-corrected chi connectivity index (χ1v) is 8.61. The highest BCUT2D eigenvalue weighted by molar-refractivity contribution is 9.10. The maximum Gasteiger partial charge on any atom is 0.0890 e. The van der Waals surface area contributed by atoms with E-state index in [9.17, 15) is 0 Å². The van der Waals surface area contributed by atoms with Crippen LogP contribution in [0.15, 0.2) is 46.5 Å². The third-order valence-electron chi connectivity index (χ3n) is 3.43. The summed E-state index contributed by atoms with van der Waals surface area (Å²) in [7, 11) is 0. The van der Waals surface area contributed by atoms with Crippen LogP contribution < -0.4 is 5.32 Å². The topological polar surface area (TPSA) is 37.8 Å². The number of halogens is 1. The Labute approximate surface area is 136 Å². The molecule has 0 aliphatic rings. The van der Waals surface area contributed by atoms with Crippen LogP contribution in [0.2, 0.25) is 0 Å². The minimum atomic E-state index is 0.288. The summed E-state index contributed by atoms with van der Waals surface area (Å²) in [5, 5.41) is 5.69. The van der Waals surface area contributed by atoms with Gasteiger partial charge in [0.15, 0.2) is 0 Å². The Balaban J connectivity index is 1.93. The number of aromatic nitrogens is 2. The molecule has 3 aromatic rings. The fraction of sp³-hybridized carbons (Fsp3) is 0.250. The fourth-order valence-corrected chi connectivity index (χ4v) is 3.97. The molecular weight excluding hydrogens is 346 g/mol. The van der Waals surface area contributed by atoms with Crippen molar-refractivity contribution in [3.63, 3.8) is 0 Å². The summed E-state index contributed by atoms with van der Waals surface area (Å²) >= 11 is 5.41. The lowest BCUT2D eigenvalue weighted by Gasteiger charge is -2.18. The van der Waals surface area contributed by atoms with Crippen molar-refractivity contribution in [1.29, 1.82) is 0 Å². The molecule has 1 N–H and O–H groups in total. The minimum Gasteiger partial charge on any atom is -0.310 e. The molecule has 108 valence electrons. The van der Waals surface area contributed by atoms with E-state index in [0.29, 0.717) is 0 Å². The quantitative estimate of drug-likeness (QED) is 0.733. The zero-order chi connectivity index (χ0) is 14.7. The molecular formula is C16H16BrN3S. The van der Waals surface area contributed by atoms with Gasteiger partial charge in [0.2, 0.25) is 0 Å². The molecule has 0 amide bonds. The molecule has 1 aromatic carbocycles. The molecule has 0 aliphatic heterocycles. The molecule has 21 heavy (non-hydrogen) atoms. The van der Waals surface area contributed by atoms with Gasteiger partial charge in [-0.2, -0.15) is 0 Å². The summed E-state index contributed by atoms with van der Waals surface area (Å²) in [6.45, 7) is 3.07. The Morgan fingerprint density at radius 3 is 2.71 bits per heavy atom. The average molecular weight is 362 g/mol. The van der Waals surface area contributed by atoms with Crippen LogP contribution in [0.25, 0.3) is 11.0 Å². The SMILES string of the molecule is CCNC(Cc1sccc1Br)c1ccc2nccnc2c1. The standard InChI is InChI=1S/C16H16BrN3S/c1-2-18-14(10-16-12(17)5-8-21-16)11-3-4-13-15(9-11)20-7-6-19-13/h3-9,14,18H,2,10H2,1H3. The second-order valence-corrected chi connectivity index (χ2v) is 6.67. The monoisotopic (exact) mass is 361 g/mol. The minimum absolute atomic E-state index is 0.288. The van der Waals surface area contributed by atoms with E-state index in [0.717, 1.165) is 24.0 Å². The van der Waals surface area contributed by atoms with Gasteiger partial charge in [0.25, 0.3) is 0 Å². The Morgan fingerprint density at radius 2 is 2.00 bits per heavy atom.